The lowest BCUT2D eigenvalue weighted by molar-refractivity contribution is -0.137. The first-order chi connectivity index (χ1) is 15.3. The van der Waals surface area contributed by atoms with Gasteiger partial charge in [0.15, 0.2) is 6.61 Å². The summed E-state index contributed by atoms with van der Waals surface area (Å²) in [5.41, 5.74) is 1.16. The highest BCUT2D eigenvalue weighted by Crippen LogP contribution is 2.26. The third kappa shape index (κ3) is 5.12. The lowest BCUT2D eigenvalue weighted by Gasteiger charge is -2.33. The predicted molar refractivity (Wildman–Crippen MR) is 123 cm³/mol. The number of nitrogens with zero attached hydrogens (tertiary/aromatic N) is 2. The van der Waals surface area contributed by atoms with Crippen molar-refractivity contribution in [2.24, 2.45) is 0 Å². The van der Waals surface area contributed by atoms with Crippen molar-refractivity contribution in [3.63, 3.8) is 0 Å². The Balaban J connectivity index is 1.78. The van der Waals surface area contributed by atoms with Crippen molar-refractivity contribution in [3.8, 4) is 0 Å². The first kappa shape index (κ1) is 23.8. The molecule has 3 rings (SSSR count). The van der Waals surface area contributed by atoms with Gasteiger partial charge in [-0.25, -0.2) is 13.2 Å². The number of hydrogen-bond donors (Lipinski definition) is 0. The molecule has 0 N–H and O–H groups in total. The van der Waals surface area contributed by atoms with Crippen LogP contribution in [0.4, 0.5) is 5.69 Å². The summed E-state index contributed by atoms with van der Waals surface area (Å²) in [5.74, 6) is -0.950. The lowest BCUT2D eigenvalue weighted by atomic mass is 10.0. The van der Waals surface area contributed by atoms with Gasteiger partial charge in [0.25, 0.3) is 15.9 Å². The summed E-state index contributed by atoms with van der Waals surface area (Å²) in [6.07, 6.45) is 2.97. The summed E-state index contributed by atoms with van der Waals surface area (Å²) in [7, 11) is -3.90. The molecule has 172 valence electrons. The summed E-state index contributed by atoms with van der Waals surface area (Å²) in [6, 6.07) is 13.4. The molecule has 1 saturated heterocycles. The summed E-state index contributed by atoms with van der Waals surface area (Å²) in [6.45, 7) is 5.97. The van der Waals surface area contributed by atoms with Crippen LogP contribution >= 0.6 is 0 Å². The van der Waals surface area contributed by atoms with Crippen LogP contribution in [0.15, 0.2) is 53.4 Å². The molecule has 0 saturated carbocycles. The molecule has 0 spiro atoms. The van der Waals surface area contributed by atoms with Gasteiger partial charge in [-0.1, -0.05) is 24.3 Å². The third-order valence-electron chi connectivity index (χ3n) is 5.77. The fraction of sp³-hybridized carbons (Fsp3) is 0.417. The molecule has 1 fully saturated rings. The first-order valence-electron chi connectivity index (χ1n) is 10.9. The Hall–Kier alpha value is -2.87. The van der Waals surface area contributed by atoms with Gasteiger partial charge in [-0.15, -0.1) is 0 Å². The van der Waals surface area contributed by atoms with Crippen molar-refractivity contribution in [1.29, 1.82) is 0 Å². The van der Waals surface area contributed by atoms with E-state index in [1.165, 1.54) is 16.4 Å². The Morgan fingerprint density at radius 1 is 1.12 bits per heavy atom. The van der Waals surface area contributed by atoms with Crippen molar-refractivity contribution < 1.29 is 22.7 Å². The average molecular weight is 459 g/mol. The van der Waals surface area contributed by atoms with E-state index in [0.717, 1.165) is 19.3 Å². The van der Waals surface area contributed by atoms with Crippen LogP contribution < -0.4 is 4.31 Å². The number of amides is 1. The quantitative estimate of drug-likeness (QED) is 0.590. The van der Waals surface area contributed by atoms with Gasteiger partial charge in [-0.3, -0.25) is 9.10 Å². The Kier molecular flexibility index (Phi) is 7.56. The summed E-state index contributed by atoms with van der Waals surface area (Å²) in [4.78, 5) is 26.8. The van der Waals surface area contributed by atoms with E-state index < -0.39 is 16.0 Å². The average Bonchev–Trinajstić information content (AvgIpc) is 2.78. The van der Waals surface area contributed by atoms with E-state index >= 15 is 0 Å². The van der Waals surface area contributed by atoms with E-state index in [4.69, 9.17) is 4.74 Å². The number of carbonyl (C=O) groups is 2. The molecule has 32 heavy (non-hydrogen) atoms. The molecule has 1 heterocycles. The van der Waals surface area contributed by atoms with Crippen LogP contribution in [0.3, 0.4) is 0 Å². The highest BCUT2D eigenvalue weighted by molar-refractivity contribution is 7.92. The molecule has 1 aliphatic rings. The third-order valence-corrected chi connectivity index (χ3v) is 7.82. The lowest BCUT2D eigenvalue weighted by Crippen LogP contribution is -2.44. The van der Waals surface area contributed by atoms with Gasteiger partial charge in [0.2, 0.25) is 0 Å². The number of hydrogen-bond acceptors (Lipinski definition) is 5. The van der Waals surface area contributed by atoms with Gasteiger partial charge in [0.1, 0.15) is 0 Å². The number of rotatable bonds is 7. The van der Waals surface area contributed by atoms with Gasteiger partial charge in [-0.2, -0.15) is 0 Å². The number of piperidine rings is 1. The van der Waals surface area contributed by atoms with Crippen LogP contribution in [0.1, 0.15) is 49.0 Å². The smallest absolute Gasteiger partial charge is 0.338 e. The maximum atomic E-state index is 13.4. The van der Waals surface area contributed by atoms with Gasteiger partial charge in [-0.05, 0) is 69.9 Å². The molecule has 0 radical (unpaired) electrons. The predicted octanol–water partition coefficient (Wildman–Crippen LogP) is 3.77. The minimum absolute atomic E-state index is 0.0358. The van der Waals surface area contributed by atoms with Crippen molar-refractivity contribution in [2.75, 3.05) is 24.0 Å². The number of aryl methyl sites for hydroxylation is 1. The number of benzene rings is 2. The Morgan fingerprint density at radius 3 is 2.50 bits per heavy atom. The second-order valence-electron chi connectivity index (χ2n) is 7.99. The van der Waals surface area contributed by atoms with E-state index in [0.29, 0.717) is 17.8 Å². The molecule has 0 aliphatic carbocycles. The molecule has 0 unspecified atom stereocenters. The van der Waals surface area contributed by atoms with Gasteiger partial charge in [0.05, 0.1) is 16.1 Å². The van der Waals surface area contributed by atoms with E-state index in [2.05, 4.69) is 0 Å². The molecule has 2 aromatic carbocycles. The maximum Gasteiger partial charge on any atom is 0.338 e. The summed E-state index contributed by atoms with van der Waals surface area (Å²) in [5, 5.41) is 0. The standard InChI is InChI=1S/C24H30N2O5S/c1-4-26(21-11-6-5-7-12-21)32(29,30)22-16-20(14-13-18(22)2)24(28)31-17-23(27)25-15-9-8-10-19(25)3/h5-7,11-14,16,19H,4,8-10,15,17H2,1-3H3/t19-/m0/s1. The van der Waals surface area contributed by atoms with Gasteiger partial charge in [0, 0.05) is 19.1 Å². The van der Waals surface area contributed by atoms with Crippen LogP contribution in [-0.4, -0.2) is 50.9 Å². The number of para-hydroxylation sites is 1. The molecule has 8 heteroatoms. The largest absolute Gasteiger partial charge is 0.452 e. The number of sulfonamides is 1. The zero-order valence-electron chi connectivity index (χ0n) is 18.8. The zero-order chi connectivity index (χ0) is 23.3. The second kappa shape index (κ2) is 10.2. The van der Waals surface area contributed by atoms with Crippen LogP contribution in [0.2, 0.25) is 0 Å². The van der Waals surface area contributed by atoms with E-state index in [1.807, 2.05) is 13.0 Å². The molecule has 1 aliphatic heterocycles. The minimum atomic E-state index is -3.90. The highest BCUT2D eigenvalue weighted by atomic mass is 32.2. The number of esters is 1. The number of ether oxygens (including phenoxy) is 1. The fourth-order valence-electron chi connectivity index (χ4n) is 3.97. The van der Waals surface area contributed by atoms with Crippen molar-refractivity contribution >= 4 is 27.6 Å². The van der Waals surface area contributed by atoms with E-state index in [9.17, 15) is 18.0 Å². The fourth-order valence-corrected chi connectivity index (χ4v) is 5.70. The zero-order valence-corrected chi connectivity index (χ0v) is 19.6. The van der Waals surface area contributed by atoms with Gasteiger partial charge >= 0.3 is 5.97 Å². The first-order valence-corrected chi connectivity index (χ1v) is 12.3. The van der Waals surface area contributed by atoms with Gasteiger partial charge < -0.3 is 9.64 Å². The Morgan fingerprint density at radius 2 is 1.84 bits per heavy atom. The molecular formula is C24H30N2O5S. The molecule has 0 bridgehead atoms. The van der Waals surface area contributed by atoms with Crippen LogP contribution in [0, 0.1) is 6.92 Å². The van der Waals surface area contributed by atoms with Crippen molar-refractivity contribution in [1.82, 2.24) is 4.90 Å². The Labute approximate surface area is 190 Å². The number of carbonyl (C=O) groups excluding carboxylic acids is 2. The van der Waals surface area contributed by atoms with E-state index in [-0.39, 0.29) is 35.6 Å². The van der Waals surface area contributed by atoms with Crippen LogP contribution in [0.5, 0.6) is 0 Å². The SMILES string of the molecule is CCN(c1ccccc1)S(=O)(=O)c1cc(C(=O)OCC(=O)N2CCCC[C@@H]2C)ccc1C. The second-order valence-corrected chi connectivity index (χ2v) is 9.82. The molecule has 7 nitrogen and oxygen atoms in total. The molecule has 1 atom stereocenters. The molecule has 0 aromatic heterocycles. The maximum absolute atomic E-state index is 13.4. The minimum Gasteiger partial charge on any atom is -0.452 e. The van der Waals surface area contributed by atoms with Crippen LogP contribution in [0.25, 0.3) is 0 Å². The van der Waals surface area contributed by atoms with Crippen molar-refractivity contribution in [3.05, 3.63) is 59.7 Å². The van der Waals surface area contributed by atoms with Crippen molar-refractivity contribution in [2.45, 2.75) is 51.0 Å². The monoisotopic (exact) mass is 458 g/mol. The number of anilines is 1. The van der Waals surface area contributed by atoms with E-state index in [1.54, 1.807) is 49.1 Å². The molecule has 1 amide bonds. The summed E-state index contributed by atoms with van der Waals surface area (Å²) < 4.78 is 33.3. The normalized spacial score (nSPS) is 16.5. The number of likely N-dealkylation sites (tertiary alicyclic amines) is 1. The van der Waals surface area contributed by atoms with Crippen LogP contribution in [-0.2, 0) is 19.6 Å². The topological polar surface area (TPSA) is 84.0 Å². The Bertz CT molecular complexity index is 1070. The summed E-state index contributed by atoms with van der Waals surface area (Å²) >= 11 is 0. The molecular weight excluding hydrogens is 428 g/mol. The molecule has 2 aromatic rings. The highest BCUT2D eigenvalue weighted by Gasteiger charge is 2.27.